The summed E-state index contributed by atoms with van der Waals surface area (Å²) in [4.78, 5) is 0. The Morgan fingerprint density at radius 1 is 0.913 bits per heavy atom. The highest BCUT2D eigenvalue weighted by Crippen LogP contribution is 2.30. The molecule has 2 aromatic carbocycles. The second-order valence-corrected chi connectivity index (χ2v) is 5.81. The molecule has 23 heavy (non-hydrogen) atoms. The first-order valence-electron chi connectivity index (χ1n) is 8.15. The third kappa shape index (κ3) is 4.26. The molecule has 0 saturated heterocycles. The van der Waals surface area contributed by atoms with Crippen LogP contribution >= 0.6 is 0 Å². The van der Waals surface area contributed by atoms with E-state index in [2.05, 4.69) is 50.4 Å². The lowest BCUT2D eigenvalue weighted by Gasteiger charge is -2.23. The Hall–Kier alpha value is -2.00. The highest BCUT2D eigenvalue weighted by Gasteiger charge is 2.16. The van der Waals surface area contributed by atoms with Gasteiger partial charge in [-0.05, 0) is 49.6 Å². The van der Waals surface area contributed by atoms with Crippen LogP contribution in [0.5, 0.6) is 11.5 Å². The van der Waals surface area contributed by atoms with Gasteiger partial charge in [0.1, 0.15) is 11.5 Å². The Kier molecular flexibility index (Phi) is 6.05. The maximum atomic E-state index is 5.49. The van der Waals surface area contributed by atoms with E-state index in [1.165, 1.54) is 11.1 Å². The molecular formula is C20H27NO2. The van der Waals surface area contributed by atoms with Gasteiger partial charge in [-0.15, -0.1) is 0 Å². The first kappa shape index (κ1) is 17.4. The van der Waals surface area contributed by atoms with Crippen molar-refractivity contribution in [2.45, 2.75) is 39.3 Å². The number of hydrogen-bond donors (Lipinski definition) is 1. The topological polar surface area (TPSA) is 30.5 Å². The van der Waals surface area contributed by atoms with Gasteiger partial charge in [-0.3, -0.25) is 0 Å². The third-order valence-electron chi connectivity index (χ3n) is 4.29. The van der Waals surface area contributed by atoms with Crippen LogP contribution in [0.15, 0.2) is 42.5 Å². The van der Waals surface area contributed by atoms with Crippen molar-refractivity contribution in [1.29, 1.82) is 0 Å². The van der Waals surface area contributed by atoms with Crippen molar-refractivity contribution in [2.24, 2.45) is 0 Å². The van der Waals surface area contributed by atoms with Gasteiger partial charge in [-0.2, -0.15) is 0 Å². The normalized spacial score (nSPS) is 13.4. The molecule has 0 bridgehead atoms. The summed E-state index contributed by atoms with van der Waals surface area (Å²) in [6.07, 6.45) is 1.07. The van der Waals surface area contributed by atoms with Gasteiger partial charge in [-0.1, -0.05) is 31.2 Å². The lowest BCUT2D eigenvalue weighted by atomic mass is 10.0. The van der Waals surface area contributed by atoms with Gasteiger partial charge in [0.15, 0.2) is 0 Å². The molecule has 0 heterocycles. The van der Waals surface area contributed by atoms with E-state index < -0.39 is 0 Å². The maximum Gasteiger partial charge on any atom is 0.123 e. The summed E-state index contributed by atoms with van der Waals surface area (Å²) in [5.41, 5.74) is 3.75. The molecule has 2 unspecified atom stereocenters. The number of hydrogen-bond acceptors (Lipinski definition) is 3. The van der Waals surface area contributed by atoms with Crippen molar-refractivity contribution < 1.29 is 9.47 Å². The Balaban J connectivity index is 2.15. The monoisotopic (exact) mass is 313 g/mol. The van der Waals surface area contributed by atoms with E-state index in [1.807, 2.05) is 18.2 Å². The molecule has 0 fully saturated rings. The molecule has 124 valence electrons. The number of rotatable bonds is 7. The number of methoxy groups -OCH3 is 2. The van der Waals surface area contributed by atoms with Gasteiger partial charge in [0.2, 0.25) is 0 Å². The Morgan fingerprint density at radius 2 is 1.61 bits per heavy atom. The van der Waals surface area contributed by atoms with Crippen LogP contribution in [-0.4, -0.2) is 14.2 Å². The van der Waals surface area contributed by atoms with E-state index in [0.29, 0.717) is 0 Å². The maximum absolute atomic E-state index is 5.49. The molecule has 1 N–H and O–H groups in total. The van der Waals surface area contributed by atoms with Crippen LogP contribution in [0.3, 0.4) is 0 Å². The quantitative estimate of drug-likeness (QED) is 0.805. The first-order chi connectivity index (χ1) is 11.1. The summed E-state index contributed by atoms with van der Waals surface area (Å²) in [6, 6.07) is 15.1. The van der Waals surface area contributed by atoms with Crippen molar-refractivity contribution in [3.8, 4) is 11.5 Å². The zero-order valence-electron chi connectivity index (χ0n) is 14.7. The number of nitrogens with one attached hydrogen (secondary N) is 1. The average Bonchev–Trinajstić information content (AvgIpc) is 2.61. The molecule has 0 spiro atoms. The predicted octanol–water partition coefficient (Wildman–Crippen LogP) is 4.68. The SMILES string of the molecule is CCc1ccc(C(C)NC(C)c2cc(OC)ccc2OC)cc1. The van der Waals surface area contributed by atoms with Crippen LogP contribution in [0.1, 0.15) is 49.5 Å². The fraction of sp³-hybridized carbons (Fsp3) is 0.400. The number of ether oxygens (including phenoxy) is 2. The number of aryl methyl sites for hydroxylation is 1. The van der Waals surface area contributed by atoms with Crippen LogP contribution < -0.4 is 14.8 Å². The Labute approximate surface area is 139 Å². The molecule has 0 aliphatic rings. The predicted molar refractivity (Wildman–Crippen MR) is 95.3 cm³/mol. The standard InChI is InChI=1S/C20H27NO2/c1-6-16-7-9-17(10-8-16)14(2)21-15(3)19-13-18(22-4)11-12-20(19)23-5/h7-15,21H,6H2,1-5H3. The van der Waals surface area contributed by atoms with Crippen LogP contribution in [-0.2, 0) is 6.42 Å². The van der Waals surface area contributed by atoms with E-state index in [4.69, 9.17) is 9.47 Å². The van der Waals surface area contributed by atoms with E-state index in [0.717, 1.165) is 23.5 Å². The summed E-state index contributed by atoms with van der Waals surface area (Å²) in [5, 5.41) is 3.64. The third-order valence-corrected chi connectivity index (χ3v) is 4.29. The van der Waals surface area contributed by atoms with Crippen molar-refractivity contribution in [2.75, 3.05) is 14.2 Å². The molecule has 2 aromatic rings. The minimum Gasteiger partial charge on any atom is -0.497 e. The molecular weight excluding hydrogens is 286 g/mol. The second kappa shape index (κ2) is 8.02. The Morgan fingerprint density at radius 3 is 2.17 bits per heavy atom. The fourth-order valence-electron chi connectivity index (χ4n) is 2.78. The summed E-state index contributed by atoms with van der Waals surface area (Å²) in [5.74, 6) is 1.72. The van der Waals surface area contributed by atoms with E-state index in [9.17, 15) is 0 Å². The van der Waals surface area contributed by atoms with Gasteiger partial charge >= 0.3 is 0 Å². The number of benzene rings is 2. The van der Waals surface area contributed by atoms with E-state index in [-0.39, 0.29) is 12.1 Å². The van der Waals surface area contributed by atoms with Crippen LogP contribution in [0.25, 0.3) is 0 Å². The van der Waals surface area contributed by atoms with Crippen molar-refractivity contribution in [3.63, 3.8) is 0 Å². The van der Waals surface area contributed by atoms with Crippen molar-refractivity contribution in [3.05, 3.63) is 59.2 Å². The lowest BCUT2D eigenvalue weighted by molar-refractivity contribution is 0.387. The molecule has 3 nitrogen and oxygen atoms in total. The van der Waals surface area contributed by atoms with E-state index >= 15 is 0 Å². The molecule has 3 heteroatoms. The highest BCUT2D eigenvalue weighted by molar-refractivity contribution is 5.42. The van der Waals surface area contributed by atoms with Crippen LogP contribution in [0, 0.1) is 0 Å². The molecule has 0 saturated carbocycles. The fourth-order valence-corrected chi connectivity index (χ4v) is 2.78. The minimum atomic E-state index is 0.154. The van der Waals surface area contributed by atoms with Gasteiger partial charge < -0.3 is 14.8 Å². The average molecular weight is 313 g/mol. The van der Waals surface area contributed by atoms with Gasteiger partial charge in [0.05, 0.1) is 14.2 Å². The van der Waals surface area contributed by atoms with Crippen molar-refractivity contribution >= 4 is 0 Å². The summed E-state index contributed by atoms with van der Waals surface area (Å²) in [6.45, 7) is 6.51. The largest absolute Gasteiger partial charge is 0.497 e. The first-order valence-corrected chi connectivity index (χ1v) is 8.15. The smallest absolute Gasteiger partial charge is 0.123 e. The van der Waals surface area contributed by atoms with Gasteiger partial charge in [0.25, 0.3) is 0 Å². The van der Waals surface area contributed by atoms with Gasteiger partial charge in [-0.25, -0.2) is 0 Å². The zero-order valence-corrected chi connectivity index (χ0v) is 14.7. The summed E-state index contributed by atoms with van der Waals surface area (Å²) < 4.78 is 10.8. The lowest BCUT2D eigenvalue weighted by Crippen LogP contribution is -2.23. The summed E-state index contributed by atoms with van der Waals surface area (Å²) >= 11 is 0. The molecule has 2 rings (SSSR count). The second-order valence-electron chi connectivity index (χ2n) is 5.81. The molecule has 2 atom stereocenters. The molecule has 0 aliphatic heterocycles. The molecule has 0 amide bonds. The molecule has 0 radical (unpaired) electrons. The van der Waals surface area contributed by atoms with E-state index in [1.54, 1.807) is 14.2 Å². The minimum absolute atomic E-state index is 0.154. The highest BCUT2D eigenvalue weighted by atomic mass is 16.5. The zero-order chi connectivity index (χ0) is 16.8. The van der Waals surface area contributed by atoms with Crippen molar-refractivity contribution in [1.82, 2.24) is 5.32 Å². The molecule has 0 aliphatic carbocycles. The van der Waals surface area contributed by atoms with Gasteiger partial charge in [0, 0.05) is 17.6 Å². The van der Waals surface area contributed by atoms with Crippen LogP contribution in [0.4, 0.5) is 0 Å². The molecule has 0 aromatic heterocycles. The Bertz CT molecular complexity index is 622. The van der Waals surface area contributed by atoms with Crippen LogP contribution in [0.2, 0.25) is 0 Å². The summed E-state index contributed by atoms with van der Waals surface area (Å²) in [7, 11) is 3.38.